The second kappa shape index (κ2) is 5.64. The van der Waals surface area contributed by atoms with Gasteiger partial charge in [-0.2, -0.15) is 0 Å². The summed E-state index contributed by atoms with van der Waals surface area (Å²) in [6.07, 6.45) is 1.31. The van der Waals surface area contributed by atoms with Crippen LogP contribution in [0.1, 0.15) is 12.0 Å². The van der Waals surface area contributed by atoms with E-state index in [1.165, 1.54) is 12.6 Å². The Bertz CT molecular complexity index is 433. The molecule has 0 spiro atoms. The maximum absolute atomic E-state index is 11.6. The van der Waals surface area contributed by atoms with Crippen LogP contribution >= 0.6 is 0 Å². The summed E-state index contributed by atoms with van der Waals surface area (Å²) in [4.78, 5) is 23.9. The summed E-state index contributed by atoms with van der Waals surface area (Å²) in [7, 11) is 1.48. The molecule has 1 fully saturated rings. The van der Waals surface area contributed by atoms with Gasteiger partial charge in [-0.3, -0.25) is 15.0 Å². The quantitative estimate of drug-likeness (QED) is 0.595. The fourth-order valence-corrected chi connectivity index (χ4v) is 1.90. The Hall–Kier alpha value is -1.88. The van der Waals surface area contributed by atoms with Crippen LogP contribution in [0.4, 0.5) is 4.79 Å². The van der Waals surface area contributed by atoms with Gasteiger partial charge in [0.15, 0.2) is 6.17 Å². The van der Waals surface area contributed by atoms with Crippen LogP contribution in [-0.2, 0) is 11.2 Å². The predicted octanol–water partition coefficient (Wildman–Crippen LogP) is 0.716. The van der Waals surface area contributed by atoms with Crippen LogP contribution in [0.15, 0.2) is 30.3 Å². The molecular weight excluding hydrogens is 230 g/mol. The zero-order valence-electron chi connectivity index (χ0n) is 10.3. The maximum atomic E-state index is 11.6. The molecule has 3 amide bonds. The molecule has 1 saturated heterocycles. The minimum atomic E-state index is -0.571. The fourth-order valence-electron chi connectivity index (χ4n) is 1.90. The van der Waals surface area contributed by atoms with Crippen molar-refractivity contribution in [2.24, 2.45) is 0 Å². The van der Waals surface area contributed by atoms with Gasteiger partial charge in [-0.1, -0.05) is 30.3 Å². The van der Waals surface area contributed by atoms with Gasteiger partial charge in [-0.15, -0.1) is 0 Å². The number of benzene rings is 1. The van der Waals surface area contributed by atoms with Gasteiger partial charge in [-0.25, -0.2) is 4.79 Å². The highest BCUT2D eigenvalue weighted by Gasteiger charge is 2.34. The number of hydrogen-bond donors (Lipinski definition) is 2. The molecule has 2 rings (SSSR count). The van der Waals surface area contributed by atoms with Crippen molar-refractivity contribution in [1.29, 1.82) is 0 Å². The van der Waals surface area contributed by atoms with Gasteiger partial charge in [0, 0.05) is 7.05 Å². The largest absolute Gasteiger partial charge is 0.325 e. The number of hydrogen-bond acceptors (Lipinski definition) is 3. The summed E-state index contributed by atoms with van der Waals surface area (Å²) in [5, 5.41) is 5.62. The van der Waals surface area contributed by atoms with Gasteiger partial charge < -0.3 is 5.32 Å². The first-order valence-electron chi connectivity index (χ1n) is 6.04. The Morgan fingerprint density at radius 2 is 2.00 bits per heavy atom. The van der Waals surface area contributed by atoms with Gasteiger partial charge in [0.1, 0.15) is 0 Å². The van der Waals surface area contributed by atoms with E-state index in [1.807, 2.05) is 18.2 Å². The molecule has 1 aliphatic rings. The minimum absolute atomic E-state index is 0.222. The topological polar surface area (TPSA) is 61.4 Å². The Labute approximate surface area is 106 Å². The zero-order chi connectivity index (χ0) is 13.0. The lowest BCUT2D eigenvalue weighted by Gasteiger charge is -2.10. The molecule has 1 aliphatic heterocycles. The van der Waals surface area contributed by atoms with Crippen molar-refractivity contribution in [3.8, 4) is 0 Å². The van der Waals surface area contributed by atoms with E-state index < -0.39 is 6.17 Å². The lowest BCUT2D eigenvalue weighted by Crippen LogP contribution is -2.43. The summed E-state index contributed by atoms with van der Waals surface area (Å²) in [5.41, 5.74) is 1.28. The Balaban J connectivity index is 1.70. The molecule has 5 heteroatoms. The molecule has 5 nitrogen and oxygen atoms in total. The van der Waals surface area contributed by atoms with Gasteiger partial charge in [0.2, 0.25) is 0 Å². The van der Waals surface area contributed by atoms with E-state index >= 15 is 0 Å². The first kappa shape index (κ1) is 12.6. The van der Waals surface area contributed by atoms with E-state index in [2.05, 4.69) is 22.8 Å². The third-order valence-corrected chi connectivity index (χ3v) is 2.98. The van der Waals surface area contributed by atoms with Gasteiger partial charge in [-0.05, 0) is 24.9 Å². The van der Waals surface area contributed by atoms with Crippen LogP contribution < -0.4 is 10.6 Å². The molecule has 2 N–H and O–H groups in total. The van der Waals surface area contributed by atoms with Crippen LogP contribution in [0.3, 0.4) is 0 Å². The highest BCUT2D eigenvalue weighted by Crippen LogP contribution is 2.03. The number of amides is 3. The third-order valence-electron chi connectivity index (χ3n) is 2.98. The molecule has 1 aromatic rings. The number of carbonyl (C=O) groups is 2. The van der Waals surface area contributed by atoms with Crippen molar-refractivity contribution in [1.82, 2.24) is 15.5 Å². The number of imide groups is 1. The summed E-state index contributed by atoms with van der Waals surface area (Å²) >= 11 is 0. The average Bonchev–Trinajstić information content (AvgIpc) is 2.64. The van der Waals surface area contributed by atoms with E-state index in [9.17, 15) is 9.59 Å². The number of urea groups is 1. The van der Waals surface area contributed by atoms with Crippen LogP contribution in [0, 0.1) is 0 Å². The molecule has 0 saturated carbocycles. The number of rotatable bonds is 5. The SMILES string of the molecule is CN1C(=O)NC(NCCCc2ccccc2)C1=O. The lowest BCUT2D eigenvalue weighted by molar-refractivity contribution is -0.127. The van der Waals surface area contributed by atoms with E-state index in [1.54, 1.807) is 0 Å². The molecule has 0 radical (unpaired) electrons. The van der Waals surface area contributed by atoms with E-state index in [0.717, 1.165) is 17.7 Å². The van der Waals surface area contributed by atoms with Gasteiger partial charge in [0.25, 0.3) is 5.91 Å². The summed E-state index contributed by atoms with van der Waals surface area (Å²) in [5.74, 6) is -0.222. The highest BCUT2D eigenvalue weighted by atomic mass is 16.2. The maximum Gasteiger partial charge on any atom is 0.325 e. The van der Waals surface area contributed by atoms with Crippen LogP contribution in [0.2, 0.25) is 0 Å². The smallest absolute Gasteiger partial charge is 0.314 e. The van der Waals surface area contributed by atoms with E-state index in [-0.39, 0.29) is 11.9 Å². The standard InChI is InChI=1S/C13H17N3O2/c1-16-12(17)11(15-13(16)18)14-9-5-8-10-6-3-2-4-7-10/h2-4,6-7,11,14H,5,8-9H2,1H3,(H,15,18). The van der Waals surface area contributed by atoms with Crippen molar-refractivity contribution >= 4 is 11.9 Å². The van der Waals surface area contributed by atoms with E-state index in [4.69, 9.17) is 0 Å². The first-order valence-corrected chi connectivity index (χ1v) is 6.04. The Kier molecular flexibility index (Phi) is 3.94. The van der Waals surface area contributed by atoms with Crippen molar-refractivity contribution in [2.75, 3.05) is 13.6 Å². The van der Waals surface area contributed by atoms with Crippen molar-refractivity contribution in [2.45, 2.75) is 19.0 Å². The number of carbonyl (C=O) groups excluding carboxylic acids is 2. The van der Waals surface area contributed by atoms with Crippen LogP contribution in [0.5, 0.6) is 0 Å². The summed E-state index contributed by atoms with van der Waals surface area (Å²) in [6, 6.07) is 9.83. The highest BCUT2D eigenvalue weighted by molar-refractivity contribution is 6.03. The summed E-state index contributed by atoms with van der Waals surface area (Å²) in [6.45, 7) is 0.694. The number of aryl methyl sites for hydroxylation is 1. The first-order chi connectivity index (χ1) is 8.68. The summed E-state index contributed by atoms with van der Waals surface area (Å²) < 4.78 is 0. The van der Waals surface area contributed by atoms with Gasteiger partial charge >= 0.3 is 6.03 Å². The second-order valence-electron chi connectivity index (χ2n) is 4.32. The molecule has 1 heterocycles. The fraction of sp³-hybridized carbons (Fsp3) is 0.385. The number of nitrogens with one attached hydrogen (secondary N) is 2. The van der Waals surface area contributed by atoms with Gasteiger partial charge in [0.05, 0.1) is 0 Å². The van der Waals surface area contributed by atoms with Crippen LogP contribution in [-0.4, -0.2) is 36.6 Å². The molecule has 96 valence electrons. The monoisotopic (exact) mass is 247 g/mol. The molecule has 1 atom stereocenters. The second-order valence-corrected chi connectivity index (χ2v) is 4.32. The van der Waals surface area contributed by atoms with Crippen molar-refractivity contribution in [3.63, 3.8) is 0 Å². The number of likely N-dealkylation sites (N-methyl/N-ethyl adjacent to an activating group) is 1. The lowest BCUT2D eigenvalue weighted by atomic mass is 10.1. The average molecular weight is 247 g/mol. The number of nitrogens with zero attached hydrogens (tertiary/aromatic N) is 1. The van der Waals surface area contributed by atoms with E-state index in [0.29, 0.717) is 6.54 Å². The molecule has 0 bridgehead atoms. The molecule has 0 aromatic heterocycles. The molecule has 1 aromatic carbocycles. The Morgan fingerprint density at radius 3 is 2.61 bits per heavy atom. The molecular formula is C13H17N3O2. The molecule has 18 heavy (non-hydrogen) atoms. The molecule has 1 unspecified atom stereocenters. The third kappa shape index (κ3) is 2.87. The molecule has 0 aliphatic carbocycles. The Morgan fingerprint density at radius 1 is 1.28 bits per heavy atom. The van der Waals surface area contributed by atoms with Crippen LogP contribution in [0.25, 0.3) is 0 Å². The van der Waals surface area contributed by atoms with Crippen molar-refractivity contribution < 1.29 is 9.59 Å². The zero-order valence-corrected chi connectivity index (χ0v) is 10.3. The normalized spacial score (nSPS) is 19.2. The predicted molar refractivity (Wildman–Crippen MR) is 67.9 cm³/mol. The minimum Gasteiger partial charge on any atom is -0.314 e. The van der Waals surface area contributed by atoms with Crippen molar-refractivity contribution in [3.05, 3.63) is 35.9 Å².